The predicted molar refractivity (Wildman–Crippen MR) is 75.4 cm³/mol. The molecule has 2 nitrogen and oxygen atoms in total. The standard InChI is InChI=1S/C16H16N2/c1-18-10-17-15-13-8-4-2-6-11(13)12-7-3-5-9-14(12)16(15)18/h4-5,8-10H,2-3,6-7H2,1H3. The molecule has 90 valence electrons. The lowest BCUT2D eigenvalue weighted by Crippen LogP contribution is -2.07. The highest BCUT2D eigenvalue weighted by atomic mass is 15.0. The highest BCUT2D eigenvalue weighted by molar-refractivity contribution is 5.95. The highest BCUT2D eigenvalue weighted by Gasteiger charge is 2.21. The molecule has 0 unspecified atom stereocenters. The quantitative estimate of drug-likeness (QED) is 0.684. The first-order valence-electron chi connectivity index (χ1n) is 6.68. The Morgan fingerprint density at radius 3 is 2.44 bits per heavy atom. The Balaban J connectivity index is 2.22. The largest absolute Gasteiger partial charge is 0.333 e. The number of fused-ring (bicyclic) bond motifs is 6. The van der Waals surface area contributed by atoms with E-state index in [0.717, 1.165) is 0 Å². The molecule has 0 saturated carbocycles. The summed E-state index contributed by atoms with van der Waals surface area (Å²) in [6.07, 6.45) is 15.8. The Kier molecular flexibility index (Phi) is 2.01. The maximum Gasteiger partial charge on any atom is 0.0965 e. The number of rotatable bonds is 0. The van der Waals surface area contributed by atoms with Crippen molar-refractivity contribution in [2.45, 2.75) is 25.7 Å². The molecule has 2 aliphatic carbocycles. The van der Waals surface area contributed by atoms with Crippen molar-refractivity contribution in [1.82, 2.24) is 9.55 Å². The van der Waals surface area contributed by atoms with Gasteiger partial charge in [0.1, 0.15) is 0 Å². The molecule has 0 amide bonds. The van der Waals surface area contributed by atoms with Crippen LogP contribution in [0.1, 0.15) is 35.1 Å². The van der Waals surface area contributed by atoms with E-state index in [1.807, 2.05) is 6.33 Å². The van der Waals surface area contributed by atoms with Gasteiger partial charge >= 0.3 is 0 Å². The van der Waals surface area contributed by atoms with E-state index in [1.165, 1.54) is 47.8 Å². The van der Waals surface area contributed by atoms with E-state index in [0.29, 0.717) is 0 Å². The first-order chi connectivity index (χ1) is 8.86. The fourth-order valence-corrected chi connectivity index (χ4v) is 3.34. The van der Waals surface area contributed by atoms with Gasteiger partial charge in [0.05, 0.1) is 17.4 Å². The third kappa shape index (κ3) is 1.20. The molecule has 18 heavy (non-hydrogen) atoms. The van der Waals surface area contributed by atoms with E-state index < -0.39 is 0 Å². The summed E-state index contributed by atoms with van der Waals surface area (Å²) < 4.78 is 2.16. The first kappa shape index (κ1) is 10.1. The second-order valence-electron chi connectivity index (χ2n) is 5.22. The number of aromatic nitrogens is 2. The number of benzene rings is 1. The fraction of sp³-hybridized carbons (Fsp3) is 0.312. The molecule has 0 bridgehead atoms. The van der Waals surface area contributed by atoms with Crippen molar-refractivity contribution in [1.29, 1.82) is 0 Å². The molecule has 1 aromatic carbocycles. The van der Waals surface area contributed by atoms with Gasteiger partial charge in [0.2, 0.25) is 0 Å². The molecule has 2 heteroatoms. The molecule has 1 heterocycles. The zero-order valence-electron chi connectivity index (χ0n) is 10.6. The summed E-state index contributed by atoms with van der Waals surface area (Å²) in [6, 6.07) is 0. The van der Waals surface area contributed by atoms with Crippen LogP contribution in [0.25, 0.3) is 23.2 Å². The SMILES string of the molecule is Cn1cnc2c3c(c4c(c21)C=CCC4)CCC=C3. The number of aryl methyl sites for hydroxylation is 1. The van der Waals surface area contributed by atoms with Crippen molar-refractivity contribution in [3.8, 4) is 0 Å². The van der Waals surface area contributed by atoms with Crippen LogP contribution in [0.4, 0.5) is 0 Å². The summed E-state index contributed by atoms with van der Waals surface area (Å²) in [5.41, 5.74) is 8.35. The maximum atomic E-state index is 4.62. The summed E-state index contributed by atoms with van der Waals surface area (Å²) >= 11 is 0. The highest BCUT2D eigenvalue weighted by Crippen LogP contribution is 2.36. The van der Waals surface area contributed by atoms with Crippen molar-refractivity contribution >= 4 is 23.2 Å². The van der Waals surface area contributed by atoms with Gasteiger partial charge in [0, 0.05) is 18.2 Å². The van der Waals surface area contributed by atoms with E-state index >= 15 is 0 Å². The van der Waals surface area contributed by atoms with Gasteiger partial charge in [-0.2, -0.15) is 0 Å². The van der Waals surface area contributed by atoms with E-state index in [1.54, 1.807) is 11.1 Å². The lowest BCUT2D eigenvalue weighted by Gasteiger charge is -2.21. The average Bonchev–Trinajstić information content (AvgIpc) is 2.82. The molecule has 2 aliphatic rings. The van der Waals surface area contributed by atoms with Crippen LogP contribution in [0, 0.1) is 0 Å². The minimum Gasteiger partial charge on any atom is -0.333 e. The van der Waals surface area contributed by atoms with E-state index in [2.05, 4.69) is 40.9 Å². The smallest absolute Gasteiger partial charge is 0.0965 e. The second-order valence-corrected chi connectivity index (χ2v) is 5.22. The van der Waals surface area contributed by atoms with Crippen LogP contribution in [0.2, 0.25) is 0 Å². The predicted octanol–water partition coefficient (Wildman–Crippen LogP) is 3.49. The van der Waals surface area contributed by atoms with Crippen LogP contribution in [-0.4, -0.2) is 9.55 Å². The fourth-order valence-electron chi connectivity index (χ4n) is 3.34. The molecule has 0 spiro atoms. The normalized spacial score (nSPS) is 16.9. The van der Waals surface area contributed by atoms with Crippen LogP contribution in [-0.2, 0) is 19.9 Å². The number of hydrogen-bond donors (Lipinski definition) is 0. The van der Waals surface area contributed by atoms with Crippen molar-refractivity contribution in [3.05, 3.63) is 40.7 Å². The van der Waals surface area contributed by atoms with Gasteiger partial charge in [-0.3, -0.25) is 0 Å². The topological polar surface area (TPSA) is 17.8 Å². The summed E-state index contributed by atoms with van der Waals surface area (Å²) in [4.78, 5) is 4.62. The number of imidazole rings is 1. The molecule has 0 N–H and O–H groups in total. The molecule has 0 atom stereocenters. The third-order valence-electron chi connectivity index (χ3n) is 4.15. The Labute approximate surface area is 107 Å². The van der Waals surface area contributed by atoms with Crippen molar-refractivity contribution < 1.29 is 0 Å². The third-order valence-corrected chi connectivity index (χ3v) is 4.15. The molecule has 0 aliphatic heterocycles. The van der Waals surface area contributed by atoms with Gasteiger partial charge in [-0.15, -0.1) is 0 Å². The molecular weight excluding hydrogens is 220 g/mol. The molecule has 0 fully saturated rings. The molecule has 2 aromatic rings. The van der Waals surface area contributed by atoms with E-state index in [9.17, 15) is 0 Å². The van der Waals surface area contributed by atoms with Gasteiger partial charge in [-0.1, -0.05) is 24.3 Å². The summed E-state index contributed by atoms with van der Waals surface area (Å²) in [6.45, 7) is 0. The first-order valence-corrected chi connectivity index (χ1v) is 6.68. The van der Waals surface area contributed by atoms with Crippen molar-refractivity contribution in [2.24, 2.45) is 7.05 Å². The molecule has 0 saturated heterocycles. The van der Waals surface area contributed by atoms with Crippen LogP contribution >= 0.6 is 0 Å². The van der Waals surface area contributed by atoms with Gasteiger partial charge < -0.3 is 4.57 Å². The summed E-state index contributed by atoms with van der Waals surface area (Å²) in [7, 11) is 2.09. The summed E-state index contributed by atoms with van der Waals surface area (Å²) in [5, 5.41) is 0. The van der Waals surface area contributed by atoms with Crippen LogP contribution in [0.3, 0.4) is 0 Å². The molecular formula is C16H16N2. The van der Waals surface area contributed by atoms with Gasteiger partial charge in [-0.05, 0) is 36.8 Å². The van der Waals surface area contributed by atoms with Gasteiger partial charge in [0.15, 0.2) is 0 Å². The van der Waals surface area contributed by atoms with E-state index in [4.69, 9.17) is 0 Å². The van der Waals surface area contributed by atoms with Crippen molar-refractivity contribution in [2.75, 3.05) is 0 Å². The molecule has 1 aromatic heterocycles. The van der Waals surface area contributed by atoms with Crippen LogP contribution < -0.4 is 0 Å². The second kappa shape index (κ2) is 3.58. The van der Waals surface area contributed by atoms with E-state index in [-0.39, 0.29) is 0 Å². The lowest BCUT2D eigenvalue weighted by molar-refractivity contribution is 0.902. The number of nitrogens with zero attached hydrogens (tertiary/aromatic N) is 2. The zero-order valence-corrected chi connectivity index (χ0v) is 10.6. The average molecular weight is 236 g/mol. The maximum absolute atomic E-state index is 4.62. The Morgan fingerprint density at radius 1 is 1.00 bits per heavy atom. The van der Waals surface area contributed by atoms with Crippen molar-refractivity contribution in [3.63, 3.8) is 0 Å². The zero-order chi connectivity index (χ0) is 12.1. The minimum absolute atomic E-state index is 1.17. The summed E-state index contributed by atoms with van der Waals surface area (Å²) in [5.74, 6) is 0. The van der Waals surface area contributed by atoms with Crippen LogP contribution in [0.5, 0.6) is 0 Å². The number of hydrogen-bond acceptors (Lipinski definition) is 1. The monoisotopic (exact) mass is 236 g/mol. The lowest BCUT2D eigenvalue weighted by atomic mass is 9.84. The van der Waals surface area contributed by atoms with Gasteiger partial charge in [0.25, 0.3) is 0 Å². The Hall–Kier alpha value is -1.83. The minimum atomic E-state index is 1.17. The number of allylic oxidation sites excluding steroid dienone is 2. The van der Waals surface area contributed by atoms with Gasteiger partial charge in [-0.25, -0.2) is 4.98 Å². The van der Waals surface area contributed by atoms with Crippen LogP contribution in [0.15, 0.2) is 18.5 Å². The Morgan fingerprint density at radius 2 is 1.67 bits per heavy atom. The Bertz CT molecular complexity index is 702. The molecule has 0 radical (unpaired) electrons. The molecule has 4 rings (SSSR count).